The summed E-state index contributed by atoms with van der Waals surface area (Å²) < 4.78 is 31.8. The van der Waals surface area contributed by atoms with Crippen LogP contribution in [0.15, 0.2) is 82.6 Å². The highest BCUT2D eigenvalue weighted by molar-refractivity contribution is 7.99. The molecule has 0 fully saturated rings. The maximum atomic E-state index is 13.1. The molecular formula is C23H21ClN2O4S2. The Labute approximate surface area is 196 Å². The van der Waals surface area contributed by atoms with Crippen LogP contribution in [0.1, 0.15) is 6.42 Å². The van der Waals surface area contributed by atoms with Crippen molar-refractivity contribution >= 4 is 50.7 Å². The smallest absolute Gasteiger partial charge is 0.265 e. The fourth-order valence-corrected chi connectivity index (χ4v) is 5.40. The molecule has 0 saturated carbocycles. The first kappa shape index (κ1) is 22.5. The Bertz CT molecular complexity index is 1240. The lowest BCUT2D eigenvalue weighted by Gasteiger charge is -2.21. The number of carbonyl (C=O) groups is 1. The number of sulfonamides is 1. The molecule has 0 radical (unpaired) electrons. The summed E-state index contributed by atoms with van der Waals surface area (Å²) in [6, 6.07) is 22.1. The molecule has 6 nitrogen and oxygen atoms in total. The van der Waals surface area contributed by atoms with E-state index in [-0.39, 0.29) is 18.9 Å². The standard InChI is InChI=1S/C23H21ClN2O4S2/c1-32(28,29)26-14-13-21(30-20-12-11-16(24)15-19(20)26)23(27)25-18-9-5-6-10-22(18)31-17-7-3-2-4-8-17/h2-12,15,21H,13-14H2,1H3,(H,25,27)/t21-/m1/s1. The monoisotopic (exact) mass is 488 g/mol. The first-order valence-corrected chi connectivity index (χ1v) is 12.9. The first-order valence-electron chi connectivity index (χ1n) is 9.88. The SMILES string of the molecule is CS(=O)(=O)N1CC[C@H](C(=O)Nc2ccccc2Sc2ccccc2)Oc2ccc(Cl)cc21. The number of ether oxygens (including phenoxy) is 1. The normalized spacial score (nSPS) is 15.9. The Morgan fingerprint density at radius 2 is 1.81 bits per heavy atom. The Kier molecular flexibility index (Phi) is 6.64. The topological polar surface area (TPSA) is 75.7 Å². The van der Waals surface area contributed by atoms with Crippen LogP contribution in [-0.4, -0.2) is 33.2 Å². The highest BCUT2D eigenvalue weighted by Gasteiger charge is 2.31. The summed E-state index contributed by atoms with van der Waals surface area (Å²) in [6.45, 7) is 0.102. The van der Waals surface area contributed by atoms with Crippen molar-refractivity contribution in [3.63, 3.8) is 0 Å². The molecule has 1 aliphatic heterocycles. The summed E-state index contributed by atoms with van der Waals surface area (Å²) >= 11 is 7.62. The number of anilines is 2. The fourth-order valence-electron chi connectivity index (χ4n) is 3.37. The lowest BCUT2D eigenvalue weighted by molar-refractivity contribution is -0.122. The molecule has 0 unspecified atom stereocenters. The van der Waals surface area contributed by atoms with Gasteiger partial charge in [0.1, 0.15) is 5.75 Å². The number of fused-ring (bicyclic) bond motifs is 1. The number of hydrogen-bond donors (Lipinski definition) is 1. The molecule has 0 aliphatic carbocycles. The lowest BCUT2D eigenvalue weighted by Crippen LogP contribution is -2.36. The number of carbonyl (C=O) groups excluding carboxylic acids is 1. The average molecular weight is 489 g/mol. The van der Waals surface area contributed by atoms with Gasteiger partial charge in [0.25, 0.3) is 5.91 Å². The van der Waals surface area contributed by atoms with E-state index in [4.69, 9.17) is 16.3 Å². The maximum absolute atomic E-state index is 13.1. The van der Waals surface area contributed by atoms with E-state index in [2.05, 4.69) is 5.32 Å². The zero-order valence-corrected chi connectivity index (χ0v) is 19.6. The van der Waals surface area contributed by atoms with Crippen LogP contribution >= 0.6 is 23.4 Å². The minimum atomic E-state index is -3.57. The van der Waals surface area contributed by atoms with Crippen LogP contribution in [-0.2, 0) is 14.8 Å². The van der Waals surface area contributed by atoms with Crippen molar-refractivity contribution in [2.45, 2.75) is 22.3 Å². The van der Waals surface area contributed by atoms with Gasteiger partial charge in [0, 0.05) is 27.8 Å². The van der Waals surface area contributed by atoms with Crippen LogP contribution in [0.3, 0.4) is 0 Å². The third kappa shape index (κ3) is 5.20. The quantitative estimate of drug-likeness (QED) is 0.544. The molecule has 0 spiro atoms. The van der Waals surface area contributed by atoms with Crippen LogP contribution in [0, 0.1) is 0 Å². The fraction of sp³-hybridized carbons (Fsp3) is 0.174. The number of para-hydroxylation sites is 1. The van der Waals surface area contributed by atoms with E-state index in [0.29, 0.717) is 22.1 Å². The summed E-state index contributed by atoms with van der Waals surface area (Å²) in [6.07, 6.45) is 0.449. The molecule has 1 heterocycles. The van der Waals surface area contributed by atoms with Gasteiger partial charge >= 0.3 is 0 Å². The molecule has 1 aliphatic rings. The van der Waals surface area contributed by atoms with Crippen LogP contribution in [0.2, 0.25) is 5.02 Å². The van der Waals surface area contributed by atoms with Gasteiger partial charge in [0.05, 0.1) is 17.6 Å². The Morgan fingerprint density at radius 1 is 1.09 bits per heavy atom. The van der Waals surface area contributed by atoms with Crippen LogP contribution < -0.4 is 14.4 Å². The van der Waals surface area contributed by atoms with Crippen molar-refractivity contribution in [3.8, 4) is 5.75 Å². The van der Waals surface area contributed by atoms with Gasteiger partial charge in [-0.3, -0.25) is 9.10 Å². The number of rotatable bonds is 5. The van der Waals surface area contributed by atoms with Gasteiger partial charge in [0.15, 0.2) is 6.10 Å². The van der Waals surface area contributed by atoms with Crippen molar-refractivity contribution in [1.82, 2.24) is 0 Å². The van der Waals surface area contributed by atoms with Crippen LogP contribution in [0.25, 0.3) is 0 Å². The first-order chi connectivity index (χ1) is 15.3. The van der Waals surface area contributed by atoms with Crippen molar-refractivity contribution < 1.29 is 17.9 Å². The van der Waals surface area contributed by atoms with Gasteiger partial charge < -0.3 is 10.1 Å². The highest BCUT2D eigenvalue weighted by atomic mass is 35.5. The largest absolute Gasteiger partial charge is 0.478 e. The van der Waals surface area contributed by atoms with Gasteiger partial charge in [-0.05, 0) is 42.5 Å². The molecule has 9 heteroatoms. The van der Waals surface area contributed by atoms with Crippen molar-refractivity contribution in [2.75, 3.05) is 22.4 Å². The summed E-state index contributed by atoms with van der Waals surface area (Å²) in [5.41, 5.74) is 0.992. The zero-order valence-electron chi connectivity index (χ0n) is 17.2. The van der Waals surface area contributed by atoms with Gasteiger partial charge in [-0.15, -0.1) is 0 Å². The van der Waals surface area contributed by atoms with E-state index in [0.717, 1.165) is 16.0 Å². The summed E-state index contributed by atoms with van der Waals surface area (Å²) in [5, 5.41) is 3.33. The molecule has 1 amide bonds. The molecule has 1 N–H and O–H groups in total. The van der Waals surface area contributed by atoms with Gasteiger partial charge in [-0.2, -0.15) is 0 Å². The molecule has 0 saturated heterocycles. The van der Waals surface area contributed by atoms with Crippen LogP contribution in [0.4, 0.5) is 11.4 Å². The van der Waals surface area contributed by atoms with E-state index in [1.165, 1.54) is 10.4 Å². The van der Waals surface area contributed by atoms with E-state index in [9.17, 15) is 13.2 Å². The lowest BCUT2D eigenvalue weighted by atomic mass is 10.2. The molecule has 0 bridgehead atoms. The second kappa shape index (κ2) is 9.44. The number of nitrogens with zero attached hydrogens (tertiary/aromatic N) is 1. The Morgan fingerprint density at radius 3 is 2.56 bits per heavy atom. The Balaban J connectivity index is 1.57. The minimum Gasteiger partial charge on any atom is -0.478 e. The van der Waals surface area contributed by atoms with Crippen molar-refractivity contribution in [1.29, 1.82) is 0 Å². The summed E-state index contributed by atoms with van der Waals surface area (Å²) in [7, 11) is -3.57. The van der Waals surface area contributed by atoms with Gasteiger partial charge in [0.2, 0.25) is 10.0 Å². The molecular weight excluding hydrogens is 468 g/mol. The molecule has 1 atom stereocenters. The second-order valence-electron chi connectivity index (χ2n) is 7.24. The minimum absolute atomic E-state index is 0.102. The van der Waals surface area contributed by atoms with Crippen LogP contribution in [0.5, 0.6) is 5.75 Å². The molecule has 4 rings (SSSR count). The predicted octanol–water partition coefficient (Wildman–Crippen LogP) is 5.05. The Hall–Kier alpha value is -2.68. The van der Waals surface area contributed by atoms with Crippen molar-refractivity contribution in [2.24, 2.45) is 0 Å². The highest BCUT2D eigenvalue weighted by Crippen LogP contribution is 2.37. The van der Waals surface area contributed by atoms with E-state index in [1.807, 2.05) is 54.6 Å². The molecule has 3 aromatic carbocycles. The third-order valence-corrected chi connectivity index (χ3v) is 7.36. The van der Waals surface area contributed by atoms with Gasteiger partial charge in [-0.25, -0.2) is 8.42 Å². The number of halogens is 1. The van der Waals surface area contributed by atoms with Gasteiger partial charge in [-0.1, -0.05) is 53.7 Å². The summed E-state index contributed by atoms with van der Waals surface area (Å²) in [4.78, 5) is 15.1. The molecule has 32 heavy (non-hydrogen) atoms. The van der Waals surface area contributed by atoms with E-state index in [1.54, 1.807) is 23.9 Å². The van der Waals surface area contributed by atoms with Crippen molar-refractivity contribution in [3.05, 3.63) is 77.8 Å². The number of benzene rings is 3. The molecule has 0 aromatic heterocycles. The number of hydrogen-bond acceptors (Lipinski definition) is 5. The van der Waals surface area contributed by atoms with E-state index < -0.39 is 16.1 Å². The zero-order chi connectivity index (χ0) is 22.7. The molecule has 3 aromatic rings. The summed E-state index contributed by atoms with van der Waals surface area (Å²) in [5.74, 6) is -0.0493. The third-order valence-electron chi connectivity index (χ3n) is 4.86. The second-order valence-corrected chi connectivity index (χ2v) is 10.7. The van der Waals surface area contributed by atoms with E-state index >= 15 is 0 Å². The maximum Gasteiger partial charge on any atom is 0.265 e. The predicted molar refractivity (Wildman–Crippen MR) is 128 cm³/mol. The number of amides is 1. The molecule has 166 valence electrons. The average Bonchev–Trinajstić information content (AvgIpc) is 2.95. The number of nitrogens with one attached hydrogen (secondary N) is 1.